The Morgan fingerprint density at radius 2 is 1.97 bits per heavy atom. The minimum absolute atomic E-state index is 0.0833. The molecule has 6 heteroatoms. The lowest BCUT2D eigenvalue weighted by Crippen LogP contribution is -2.35. The molecule has 29 heavy (non-hydrogen) atoms. The number of carbonyl (C=O) groups is 1. The average molecular weight is 413 g/mol. The van der Waals surface area contributed by atoms with Crippen molar-refractivity contribution in [2.24, 2.45) is 0 Å². The number of aromatic nitrogens is 1. The highest BCUT2D eigenvalue weighted by Crippen LogP contribution is 2.16. The van der Waals surface area contributed by atoms with Crippen LogP contribution in [0.2, 0.25) is 5.02 Å². The van der Waals surface area contributed by atoms with Gasteiger partial charge in [0, 0.05) is 30.0 Å². The molecule has 4 nitrogen and oxygen atoms in total. The number of hydrogen-bond acceptors (Lipinski definition) is 2. The van der Waals surface area contributed by atoms with Gasteiger partial charge in [0.1, 0.15) is 11.6 Å². The first-order valence-corrected chi connectivity index (χ1v) is 9.58. The van der Waals surface area contributed by atoms with Crippen LogP contribution in [0.5, 0.6) is 5.75 Å². The monoisotopic (exact) mass is 412 g/mol. The molecule has 1 amide bonds. The van der Waals surface area contributed by atoms with Crippen LogP contribution in [0.3, 0.4) is 0 Å². The first-order chi connectivity index (χ1) is 14.0. The van der Waals surface area contributed by atoms with E-state index in [9.17, 15) is 9.18 Å². The zero-order valence-corrected chi connectivity index (χ0v) is 16.7. The Bertz CT molecular complexity index is 969. The predicted molar refractivity (Wildman–Crippen MR) is 112 cm³/mol. The van der Waals surface area contributed by atoms with Crippen LogP contribution in [-0.2, 0) is 17.9 Å². The molecule has 0 aliphatic heterocycles. The summed E-state index contributed by atoms with van der Waals surface area (Å²) in [5.41, 5.74) is 1.80. The molecule has 0 unspecified atom stereocenters. The molecule has 0 saturated heterocycles. The molecule has 0 saturated carbocycles. The number of rotatable bonds is 9. The lowest BCUT2D eigenvalue weighted by Gasteiger charge is -2.22. The maximum Gasteiger partial charge on any atom is 0.261 e. The van der Waals surface area contributed by atoms with Crippen molar-refractivity contribution in [3.63, 3.8) is 0 Å². The molecule has 2 aromatic carbocycles. The van der Waals surface area contributed by atoms with Gasteiger partial charge in [0.15, 0.2) is 6.61 Å². The summed E-state index contributed by atoms with van der Waals surface area (Å²) in [6, 6.07) is 17.2. The second-order valence-corrected chi connectivity index (χ2v) is 7.00. The van der Waals surface area contributed by atoms with E-state index in [4.69, 9.17) is 16.3 Å². The zero-order valence-electron chi connectivity index (χ0n) is 15.9. The minimum Gasteiger partial charge on any atom is -0.484 e. The van der Waals surface area contributed by atoms with Gasteiger partial charge in [0.25, 0.3) is 5.91 Å². The predicted octanol–water partition coefficient (Wildman–Crippen LogP) is 4.92. The van der Waals surface area contributed by atoms with Gasteiger partial charge < -0.3 is 14.2 Å². The van der Waals surface area contributed by atoms with Gasteiger partial charge in [-0.2, -0.15) is 0 Å². The Morgan fingerprint density at radius 1 is 1.17 bits per heavy atom. The Labute approximate surface area is 174 Å². The molecule has 150 valence electrons. The molecule has 0 aliphatic carbocycles. The number of nitrogens with zero attached hydrogens (tertiary/aromatic N) is 2. The van der Waals surface area contributed by atoms with Crippen molar-refractivity contribution in [2.45, 2.75) is 13.1 Å². The first-order valence-electron chi connectivity index (χ1n) is 9.20. The smallest absolute Gasteiger partial charge is 0.261 e. The summed E-state index contributed by atoms with van der Waals surface area (Å²) in [4.78, 5) is 14.3. The van der Waals surface area contributed by atoms with E-state index in [1.165, 1.54) is 12.1 Å². The topological polar surface area (TPSA) is 34.5 Å². The molecular weight excluding hydrogens is 391 g/mol. The van der Waals surface area contributed by atoms with Gasteiger partial charge in [0.05, 0.1) is 6.54 Å². The van der Waals surface area contributed by atoms with Crippen LogP contribution in [0.15, 0.2) is 79.5 Å². The maximum atomic E-state index is 13.5. The fraction of sp³-hybridized carbons (Fsp3) is 0.174. The Hall–Kier alpha value is -3.05. The van der Waals surface area contributed by atoms with E-state index < -0.39 is 0 Å². The van der Waals surface area contributed by atoms with E-state index in [1.54, 1.807) is 41.3 Å². The summed E-state index contributed by atoms with van der Waals surface area (Å²) in [6.07, 6.45) is 3.60. The van der Waals surface area contributed by atoms with Gasteiger partial charge in [0.2, 0.25) is 0 Å². The Kier molecular flexibility index (Phi) is 7.09. The third kappa shape index (κ3) is 5.96. The van der Waals surface area contributed by atoms with E-state index in [-0.39, 0.29) is 18.3 Å². The van der Waals surface area contributed by atoms with Gasteiger partial charge in [-0.15, -0.1) is 6.58 Å². The van der Waals surface area contributed by atoms with Crippen molar-refractivity contribution in [2.75, 3.05) is 13.2 Å². The van der Waals surface area contributed by atoms with Crippen molar-refractivity contribution < 1.29 is 13.9 Å². The molecule has 0 radical (unpaired) electrons. The number of carbonyl (C=O) groups excluding carboxylic acids is 1. The molecule has 1 aromatic heterocycles. The summed E-state index contributed by atoms with van der Waals surface area (Å²) in [5, 5.41) is 0.607. The van der Waals surface area contributed by atoms with Gasteiger partial charge >= 0.3 is 0 Å². The standard InChI is InChI=1S/C23H22ClFN2O2/c1-2-12-27(23(28)17-29-22-10-8-19(24)9-11-22)16-21-7-4-13-26(21)15-18-5-3-6-20(25)14-18/h2-11,13-14H,1,12,15-17H2. The molecule has 1 heterocycles. The van der Waals surface area contributed by atoms with E-state index in [0.717, 1.165) is 11.3 Å². The highest BCUT2D eigenvalue weighted by Gasteiger charge is 2.15. The number of hydrogen-bond donors (Lipinski definition) is 0. The normalized spacial score (nSPS) is 10.6. The zero-order chi connectivity index (χ0) is 20.6. The van der Waals surface area contributed by atoms with Crippen LogP contribution < -0.4 is 4.74 Å². The van der Waals surface area contributed by atoms with E-state index in [2.05, 4.69) is 6.58 Å². The Morgan fingerprint density at radius 3 is 2.69 bits per heavy atom. The second-order valence-electron chi connectivity index (χ2n) is 6.56. The quantitative estimate of drug-likeness (QED) is 0.467. The maximum absolute atomic E-state index is 13.5. The number of benzene rings is 2. The molecule has 0 N–H and O–H groups in total. The van der Waals surface area contributed by atoms with E-state index >= 15 is 0 Å². The van der Waals surface area contributed by atoms with Crippen molar-refractivity contribution in [3.05, 3.63) is 102 Å². The van der Waals surface area contributed by atoms with Gasteiger partial charge in [-0.25, -0.2) is 4.39 Å². The van der Waals surface area contributed by atoms with Crippen molar-refractivity contribution >= 4 is 17.5 Å². The molecule has 0 bridgehead atoms. The van der Waals surface area contributed by atoms with Crippen molar-refractivity contribution in [1.82, 2.24) is 9.47 Å². The summed E-state index contributed by atoms with van der Waals surface area (Å²) in [6.45, 7) is 4.98. The number of amides is 1. The molecule has 0 aliphatic rings. The third-order valence-corrected chi connectivity index (χ3v) is 4.65. The first kappa shape index (κ1) is 20.7. The van der Waals surface area contributed by atoms with Crippen LogP contribution in [0.4, 0.5) is 4.39 Å². The molecule has 0 atom stereocenters. The lowest BCUT2D eigenvalue weighted by atomic mass is 10.2. The molecular formula is C23H22ClFN2O2. The molecule has 3 rings (SSSR count). The van der Waals surface area contributed by atoms with Gasteiger partial charge in [-0.3, -0.25) is 4.79 Å². The van der Waals surface area contributed by atoms with Crippen LogP contribution in [0, 0.1) is 5.82 Å². The molecule has 3 aromatic rings. The van der Waals surface area contributed by atoms with Crippen LogP contribution in [0.25, 0.3) is 0 Å². The summed E-state index contributed by atoms with van der Waals surface area (Å²) < 4.78 is 21.0. The summed E-state index contributed by atoms with van der Waals surface area (Å²) in [7, 11) is 0. The SMILES string of the molecule is C=CCN(Cc1cccn1Cc1cccc(F)c1)C(=O)COc1ccc(Cl)cc1. The molecule has 0 spiro atoms. The van der Waals surface area contributed by atoms with Crippen molar-refractivity contribution in [3.8, 4) is 5.75 Å². The summed E-state index contributed by atoms with van der Waals surface area (Å²) >= 11 is 5.86. The van der Waals surface area contributed by atoms with Gasteiger partial charge in [-0.1, -0.05) is 29.8 Å². The summed E-state index contributed by atoms with van der Waals surface area (Å²) in [5.74, 6) is 0.160. The Balaban J connectivity index is 1.65. The van der Waals surface area contributed by atoms with Crippen molar-refractivity contribution in [1.29, 1.82) is 0 Å². The minimum atomic E-state index is -0.265. The largest absolute Gasteiger partial charge is 0.484 e. The van der Waals surface area contributed by atoms with Crippen LogP contribution in [0.1, 0.15) is 11.3 Å². The lowest BCUT2D eigenvalue weighted by molar-refractivity contribution is -0.133. The highest BCUT2D eigenvalue weighted by molar-refractivity contribution is 6.30. The number of halogens is 2. The number of ether oxygens (including phenoxy) is 1. The third-order valence-electron chi connectivity index (χ3n) is 4.40. The van der Waals surface area contributed by atoms with E-state index in [1.807, 2.05) is 29.0 Å². The fourth-order valence-electron chi connectivity index (χ4n) is 2.95. The van der Waals surface area contributed by atoms with Gasteiger partial charge in [-0.05, 0) is 54.1 Å². The average Bonchev–Trinajstić information content (AvgIpc) is 3.13. The van der Waals surface area contributed by atoms with Crippen LogP contribution in [-0.4, -0.2) is 28.5 Å². The van der Waals surface area contributed by atoms with E-state index in [0.29, 0.717) is 30.4 Å². The molecule has 0 fully saturated rings. The highest BCUT2D eigenvalue weighted by atomic mass is 35.5. The fourth-order valence-corrected chi connectivity index (χ4v) is 3.08. The van der Waals surface area contributed by atoms with Crippen LogP contribution >= 0.6 is 11.6 Å². The second kappa shape index (κ2) is 9.94.